The Balaban J connectivity index is 4.27. The van der Waals surface area contributed by atoms with Gasteiger partial charge in [0.2, 0.25) is 0 Å². The Morgan fingerprint density at radius 3 is 2.47 bits per heavy atom. The average Bonchev–Trinajstić information content (AvgIpc) is 2.14. The molecule has 15 heavy (non-hydrogen) atoms. The fraction of sp³-hybridized carbons (Fsp3) is 0.571. The number of nitrogens with two attached hydrogens (primary N) is 1. The molecule has 0 fully saturated rings. The molecule has 2 atom stereocenters. The first-order valence-corrected chi connectivity index (χ1v) is 3.95. The number of ether oxygens (including phenoxy) is 1. The van der Waals surface area contributed by atoms with Gasteiger partial charge in [-0.1, -0.05) is 0 Å². The number of carboxylic acid groups (broad SMARTS) is 1. The van der Waals surface area contributed by atoms with Crippen molar-refractivity contribution in [1.82, 2.24) is 0 Å². The van der Waals surface area contributed by atoms with E-state index in [1.54, 1.807) is 0 Å². The summed E-state index contributed by atoms with van der Waals surface area (Å²) >= 11 is 0. The summed E-state index contributed by atoms with van der Waals surface area (Å²) in [6.07, 6.45) is -1.32. The second-order valence-corrected chi connectivity index (χ2v) is 2.70. The van der Waals surface area contributed by atoms with Gasteiger partial charge < -0.3 is 26.2 Å². The zero-order valence-electron chi connectivity index (χ0n) is 7.95. The molecular formula is C7H11N3O5. The Kier molecular flexibility index (Phi) is 5.18. The van der Waals surface area contributed by atoms with Gasteiger partial charge in [-0.2, -0.15) is 4.79 Å². The Morgan fingerprint density at radius 1 is 1.60 bits per heavy atom. The van der Waals surface area contributed by atoms with E-state index in [9.17, 15) is 9.59 Å². The predicted molar refractivity (Wildman–Crippen MR) is 46.9 cm³/mol. The van der Waals surface area contributed by atoms with E-state index >= 15 is 0 Å². The maximum absolute atomic E-state index is 11.0. The second kappa shape index (κ2) is 5.86. The van der Waals surface area contributed by atoms with Crippen LogP contribution in [0.1, 0.15) is 6.92 Å². The van der Waals surface area contributed by atoms with Gasteiger partial charge in [0.05, 0.1) is 0 Å². The van der Waals surface area contributed by atoms with Crippen LogP contribution in [0.4, 0.5) is 0 Å². The van der Waals surface area contributed by atoms with Gasteiger partial charge in [-0.25, -0.2) is 4.79 Å². The number of rotatable bonds is 5. The number of hydrogen-bond donors (Lipinski definition) is 3. The number of carbonyl (C=O) groups is 2. The highest BCUT2D eigenvalue weighted by molar-refractivity contribution is 6.35. The molecule has 0 radical (unpaired) electrons. The molecule has 8 nitrogen and oxygen atoms in total. The lowest BCUT2D eigenvalue weighted by molar-refractivity contribution is -0.146. The summed E-state index contributed by atoms with van der Waals surface area (Å²) in [6.45, 7) is 0.618. The normalized spacial score (nSPS) is 13.5. The average molecular weight is 217 g/mol. The molecule has 0 saturated heterocycles. The first-order chi connectivity index (χ1) is 6.90. The maximum atomic E-state index is 11.0. The zero-order chi connectivity index (χ0) is 12.0. The quantitative estimate of drug-likeness (QED) is 0.210. The van der Waals surface area contributed by atoms with Crippen LogP contribution in [0.3, 0.4) is 0 Å². The summed E-state index contributed by atoms with van der Waals surface area (Å²) in [5.74, 6) is -2.45. The highest BCUT2D eigenvalue weighted by atomic mass is 16.5. The summed E-state index contributed by atoms with van der Waals surface area (Å²) in [4.78, 5) is 23.8. The molecule has 0 aromatic heterocycles. The van der Waals surface area contributed by atoms with Gasteiger partial charge in [-0.3, -0.25) is 4.79 Å². The van der Waals surface area contributed by atoms with Gasteiger partial charge in [-0.15, -0.1) is 0 Å². The lowest BCUT2D eigenvalue weighted by atomic mass is 10.2. The van der Waals surface area contributed by atoms with Crippen molar-refractivity contribution in [3.63, 3.8) is 0 Å². The van der Waals surface area contributed by atoms with Crippen molar-refractivity contribution >= 4 is 17.7 Å². The van der Waals surface area contributed by atoms with Gasteiger partial charge in [0, 0.05) is 0 Å². The van der Waals surface area contributed by atoms with Gasteiger partial charge in [0.15, 0.2) is 6.10 Å². The fourth-order valence-electron chi connectivity index (χ4n) is 0.606. The Labute approximate surface area is 84.9 Å². The summed E-state index contributed by atoms with van der Waals surface area (Å²) < 4.78 is 4.38. The van der Waals surface area contributed by atoms with E-state index in [0.717, 1.165) is 0 Å². The maximum Gasteiger partial charge on any atom is 0.419 e. The smallest absolute Gasteiger partial charge is 0.419 e. The number of carboxylic acids is 1. The molecule has 8 heteroatoms. The molecule has 0 aliphatic rings. The first kappa shape index (κ1) is 13.2. The standard InChI is InChI=1S/C7H11N3O5/c1-3(11)5(10-9)7(14)15-2-4(8)6(12)13/h3-4,11H,2,8H2,1H3,(H,12,13)/t3-,4-/m0/s1. The largest absolute Gasteiger partial charge is 0.480 e. The minimum atomic E-state index is -1.36. The van der Waals surface area contributed by atoms with Gasteiger partial charge >= 0.3 is 17.7 Å². The summed E-state index contributed by atoms with van der Waals surface area (Å²) in [5, 5.41) is 17.3. The molecule has 0 heterocycles. The topological polar surface area (TPSA) is 146 Å². The first-order valence-electron chi connectivity index (χ1n) is 3.95. The molecule has 0 unspecified atom stereocenters. The van der Waals surface area contributed by atoms with E-state index in [1.807, 2.05) is 0 Å². The highest BCUT2D eigenvalue weighted by Crippen LogP contribution is 1.90. The minimum absolute atomic E-state index is 0.570. The van der Waals surface area contributed by atoms with Crippen molar-refractivity contribution in [3.05, 3.63) is 5.53 Å². The van der Waals surface area contributed by atoms with Crippen molar-refractivity contribution in [1.29, 1.82) is 0 Å². The van der Waals surface area contributed by atoms with Crippen molar-refractivity contribution in [2.45, 2.75) is 19.1 Å². The van der Waals surface area contributed by atoms with Crippen LogP contribution >= 0.6 is 0 Å². The Bertz CT molecular complexity index is 308. The molecule has 0 amide bonds. The van der Waals surface area contributed by atoms with Crippen LogP contribution in [-0.4, -0.2) is 51.4 Å². The van der Waals surface area contributed by atoms with Crippen LogP contribution < -0.4 is 5.73 Å². The number of aliphatic hydroxyl groups is 1. The van der Waals surface area contributed by atoms with Crippen molar-refractivity contribution in [2.24, 2.45) is 5.73 Å². The minimum Gasteiger partial charge on any atom is -0.480 e. The van der Waals surface area contributed by atoms with E-state index in [-0.39, 0.29) is 0 Å². The van der Waals surface area contributed by atoms with Crippen LogP contribution in [0.2, 0.25) is 0 Å². The molecule has 4 N–H and O–H groups in total. The third-order valence-corrected chi connectivity index (χ3v) is 1.42. The van der Waals surface area contributed by atoms with Crippen LogP contribution in [0.15, 0.2) is 0 Å². The lowest BCUT2D eigenvalue weighted by Crippen LogP contribution is -2.38. The number of carbonyl (C=O) groups excluding carboxylic acids is 1. The Morgan fingerprint density at radius 2 is 2.13 bits per heavy atom. The van der Waals surface area contributed by atoms with E-state index < -0.39 is 36.4 Å². The molecule has 0 bridgehead atoms. The third kappa shape index (κ3) is 4.32. The van der Waals surface area contributed by atoms with E-state index in [2.05, 4.69) is 9.53 Å². The van der Waals surface area contributed by atoms with Gasteiger partial charge in [0.1, 0.15) is 12.6 Å². The van der Waals surface area contributed by atoms with Crippen LogP contribution in [0.25, 0.3) is 5.53 Å². The predicted octanol–water partition coefficient (Wildman–Crippen LogP) is -2.01. The molecule has 84 valence electrons. The zero-order valence-corrected chi connectivity index (χ0v) is 7.95. The monoisotopic (exact) mass is 217 g/mol. The molecule has 0 aromatic carbocycles. The molecule has 0 rings (SSSR count). The Hall–Kier alpha value is -1.76. The lowest BCUT2D eigenvalue weighted by Gasteiger charge is -2.06. The summed E-state index contributed by atoms with van der Waals surface area (Å²) in [6, 6.07) is -1.36. The van der Waals surface area contributed by atoms with E-state index in [4.69, 9.17) is 21.5 Å². The van der Waals surface area contributed by atoms with Crippen LogP contribution in [-0.2, 0) is 14.3 Å². The van der Waals surface area contributed by atoms with Crippen molar-refractivity contribution in [2.75, 3.05) is 6.61 Å². The number of esters is 1. The summed E-state index contributed by atoms with van der Waals surface area (Å²) in [5.41, 5.74) is 12.7. The number of nitrogens with zero attached hydrogens (tertiary/aromatic N) is 2. The molecule has 0 aromatic rings. The van der Waals surface area contributed by atoms with E-state index in [1.165, 1.54) is 6.92 Å². The van der Waals surface area contributed by atoms with Crippen molar-refractivity contribution < 1.29 is 29.3 Å². The van der Waals surface area contributed by atoms with Crippen LogP contribution in [0.5, 0.6) is 0 Å². The number of hydrogen-bond acceptors (Lipinski definition) is 5. The molecular weight excluding hydrogens is 206 g/mol. The van der Waals surface area contributed by atoms with Gasteiger partial charge in [0.25, 0.3) is 0 Å². The molecule has 0 aliphatic heterocycles. The van der Waals surface area contributed by atoms with E-state index in [0.29, 0.717) is 0 Å². The van der Waals surface area contributed by atoms with Crippen LogP contribution in [0, 0.1) is 0 Å². The number of aliphatic hydroxyl groups excluding tert-OH is 1. The summed E-state index contributed by atoms with van der Waals surface area (Å²) in [7, 11) is 0. The number of aliphatic carboxylic acids is 1. The molecule has 0 saturated carbocycles. The fourth-order valence-corrected chi connectivity index (χ4v) is 0.606. The highest BCUT2D eigenvalue weighted by Gasteiger charge is 2.28. The third-order valence-electron chi connectivity index (χ3n) is 1.42. The molecule has 0 aliphatic carbocycles. The molecule has 0 spiro atoms. The van der Waals surface area contributed by atoms with Crippen molar-refractivity contribution in [3.8, 4) is 0 Å². The van der Waals surface area contributed by atoms with Gasteiger partial charge in [-0.05, 0) is 6.92 Å². The SMILES string of the molecule is C[C@H](O)C(=[N+]=[N-])C(=O)OC[C@H](N)C(=O)O. The second-order valence-electron chi connectivity index (χ2n) is 2.70.